The van der Waals surface area contributed by atoms with Crippen molar-refractivity contribution < 1.29 is 4.79 Å². The Balaban J connectivity index is 0. The molecule has 0 saturated heterocycles. The maximum Gasteiger partial charge on any atom is 0.106 e. The van der Waals surface area contributed by atoms with Gasteiger partial charge in [-0.3, -0.25) is 0 Å². The van der Waals surface area contributed by atoms with E-state index in [2.05, 4.69) is 37.4 Å². The fourth-order valence-corrected chi connectivity index (χ4v) is 2.10. The van der Waals surface area contributed by atoms with Crippen LogP contribution >= 0.6 is 11.3 Å². The number of nitrogens with zero attached hydrogens (tertiary/aromatic N) is 1. The third-order valence-electron chi connectivity index (χ3n) is 1.59. The van der Waals surface area contributed by atoms with Crippen LogP contribution in [0.1, 0.15) is 31.2 Å². The third kappa shape index (κ3) is 8.33. The molecule has 0 aliphatic heterocycles. The van der Waals surface area contributed by atoms with Gasteiger partial charge in [-0.25, -0.2) is 0 Å². The fraction of sp³-hybridized carbons (Fsp3) is 0.583. The zero-order valence-electron chi connectivity index (χ0n) is 10.5. The van der Waals surface area contributed by atoms with E-state index in [-0.39, 0.29) is 0 Å². The van der Waals surface area contributed by atoms with Crippen molar-refractivity contribution in [2.24, 2.45) is 0 Å². The Morgan fingerprint density at radius 1 is 1.33 bits per heavy atom. The molecule has 0 aliphatic rings. The van der Waals surface area contributed by atoms with E-state index in [4.69, 9.17) is 4.79 Å². The summed E-state index contributed by atoms with van der Waals surface area (Å²) < 4.78 is 0. The highest BCUT2D eigenvalue weighted by Crippen LogP contribution is 2.15. The minimum atomic E-state index is 1.07. The highest BCUT2D eigenvalue weighted by molar-refractivity contribution is 7.10. The predicted octanol–water partition coefficient (Wildman–Crippen LogP) is 3.21. The molecular formula is C12H23NOS. The molecule has 0 aliphatic carbocycles. The summed E-state index contributed by atoms with van der Waals surface area (Å²) in [7, 11) is 4.21. The Labute approximate surface area is 97.9 Å². The number of aryl methyl sites for hydroxylation is 1. The lowest BCUT2D eigenvalue weighted by Crippen LogP contribution is -2.09. The van der Waals surface area contributed by atoms with Gasteiger partial charge in [-0.05, 0) is 37.5 Å². The summed E-state index contributed by atoms with van der Waals surface area (Å²) in [5.41, 5.74) is 1.46. The maximum absolute atomic E-state index is 8.00. The molecule has 88 valence electrons. The molecule has 0 unspecified atom stereocenters. The minimum Gasteiger partial charge on any atom is -0.307 e. The normalized spacial score (nSPS) is 8.67. The number of hydrogen-bond acceptors (Lipinski definition) is 3. The molecule has 2 nitrogen and oxygen atoms in total. The van der Waals surface area contributed by atoms with Crippen LogP contribution in [0.15, 0.2) is 11.4 Å². The predicted molar refractivity (Wildman–Crippen MR) is 69.6 cm³/mol. The smallest absolute Gasteiger partial charge is 0.106 e. The summed E-state index contributed by atoms with van der Waals surface area (Å²) in [5, 5.41) is 2.25. The molecule has 1 aromatic heterocycles. The van der Waals surface area contributed by atoms with Crippen molar-refractivity contribution in [2.75, 3.05) is 14.1 Å². The van der Waals surface area contributed by atoms with E-state index in [1.807, 2.05) is 32.0 Å². The molecule has 0 spiro atoms. The first-order valence-electron chi connectivity index (χ1n) is 5.22. The van der Waals surface area contributed by atoms with Crippen LogP contribution in [0.5, 0.6) is 0 Å². The van der Waals surface area contributed by atoms with E-state index >= 15 is 0 Å². The first-order valence-corrected chi connectivity index (χ1v) is 6.10. The Morgan fingerprint density at radius 2 is 1.87 bits per heavy atom. The van der Waals surface area contributed by atoms with Gasteiger partial charge < -0.3 is 9.69 Å². The minimum absolute atomic E-state index is 1.07. The van der Waals surface area contributed by atoms with Crippen LogP contribution < -0.4 is 0 Å². The van der Waals surface area contributed by atoms with Gasteiger partial charge in [0.1, 0.15) is 6.79 Å². The van der Waals surface area contributed by atoms with E-state index in [9.17, 15) is 0 Å². The van der Waals surface area contributed by atoms with Gasteiger partial charge in [-0.15, -0.1) is 11.3 Å². The number of carbonyl (C=O) groups excluding carboxylic acids is 1. The number of carbonyl (C=O) groups is 1. The van der Waals surface area contributed by atoms with Gasteiger partial charge in [-0.1, -0.05) is 20.8 Å². The molecule has 0 fully saturated rings. The molecule has 1 rings (SSSR count). The molecule has 3 heteroatoms. The second-order valence-electron chi connectivity index (χ2n) is 3.01. The lowest BCUT2D eigenvalue weighted by Gasteiger charge is -2.05. The van der Waals surface area contributed by atoms with Crippen LogP contribution in [-0.2, 0) is 17.8 Å². The SMILES string of the molecule is C=O.CC.CCc1csc(CN(C)C)c1. The summed E-state index contributed by atoms with van der Waals surface area (Å²) in [6.07, 6.45) is 1.16. The molecule has 0 saturated carbocycles. The largest absolute Gasteiger partial charge is 0.307 e. The molecule has 0 bridgehead atoms. The van der Waals surface area contributed by atoms with Gasteiger partial charge in [0, 0.05) is 11.4 Å². The van der Waals surface area contributed by atoms with E-state index in [1.54, 1.807) is 0 Å². The molecule has 0 aromatic carbocycles. The second kappa shape index (κ2) is 11.4. The average Bonchev–Trinajstić information content (AvgIpc) is 2.70. The van der Waals surface area contributed by atoms with Gasteiger partial charge in [-0.2, -0.15) is 0 Å². The summed E-state index contributed by atoms with van der Waals surface area (Å²) in [5.74, 6) is 0. The zero-order chi connectivity index (χ0) is 12.3. The van der Waals surface area contributed by atoms with Crippen molar-refractivity contribution >= 4 is 18.1 Å². The lowest BCUT2D eigenvalue weighted by molar-refractivity contribution is -0.0979. The molecular weight excluding hydrogens is 206 g/mol. The van der Waals surface area contributed by atoms with Crippen molar-refractivity contribution in [2.45, 2.75) is 33.7 Å². The lowest BCUT2D eigenvalue weighted by atomic mass is 10.2. The number of rotatable bonds is 3. The quantitative estimate of drug-likeness (QED) is 0.793. The maximum atomic E-state index is 8.00. The van der Waals surface area contributed by atoms with E-state index < -0.39 is 0 Å². The van der Waals surface area contributed by atoms with Crippen molar-refractivity contribution in [3.63, 3.8) is 0 Å². The molecule has 1 aromatic rings. The van der Waals surface area contributed by atoms with E-state index in [1.165, 1.54) is 10.4 Å². The average molecular weight is 229 g/mol. The van der Waals surface area contributed by atoms with Crippen LogP contribution in [0.25, 0.3) is 0 Å². The van der Waals surface area contributed by atoms with Gasteiger partial charge in [0.15, 0.2) is 0 Å². The van der Waals surface area contributed by atoms with Crippen molar-refractivity contribution in [1.29, 1.82) is 0 Å². The van der Waals surface area contributed by atoms with Crippen LogP contribution in [0.4, 0.5) is 0 Å². The van der Waals surface area contributed by atoms with Crippen LogP contribution in [0, 0.1) is 0 Å². The zero-order valence-corrected chi connectivity index (χ0v) is 11.4. The van der Waals surface area contributed by atoms with E-state index in [0.29, 0.717) is 0 Å². The number of hydrogen-bond donors (Lipinski definition) is 0. The monoisotopic (exact) mass is 229 g/mol. The Hall–Kier alpha value is -0.670. The van der Waals surface area contributed by atoms with Gasteiger partial charge in [0.2, 0.25) is 0 Å². The fourth-order valence-electron chi connectivity index (χ4n) is 1.01. The number of thiophene rings is 1. The Morgan fingerprint density at radius 3 is 2.20 bits per heavy atom. The van der Waals surface area contributed by atoms with Crippen LogP contribution in [-0.4, -0.2) is 25.8 Å². The van der Waals surface area contributed by atoms with Crippen molar-refractivity contribution in [1.82, 2.24) is 4.90 Å². The summed E-state index contributed by atoms with van der Waals surface area (Å²) in [4.78, 5) is 11.7. The second-order valence-corrected chi connectivity index (χ2v) is 4.01. The summed E-state index contributed by atoms with van der Waals surface area (Å²) in [6.45, 7) is 9.27. The van der Waals surface area contributed by atoms with Gasteiger partial charge in [0.05, 0.1) is 0 Å². The Kier molecular flexibility index (Phi) is 12.7. The molecule has 0 amide bonds. The van der Waals surface area contributed by atoms with E-state index in [0.717, 1.165) is 13.0 Å². The Bertz CT molecular complexity index is 233. The van der Waals surface area contributed by atoms with Gasteiger partial charge in [0.25, 0.3) is 0 Å². The summed E-state index contributed by atoms with van der Waals surface area (Å²) in [6, 6.07) is 2.30. The molecule has 0 atom stereocenters. The van der Waals surface area contributed by atoms with Gasteiger partial charge >= 0.3 is 0 Å². The standard InChI is InChI=1S/C9H15NS.C2H6.CH2O/c1-4-8-5-9(11-7-8)6-10(2)3;2*1-2/h5,7H,4,6H2,1-3H3;1-2H3;1H2. The summed E-state index contributed by atoms with van der Waals surface area (Å²) >= 11 is 1.86. The first-order chi connectivity index (χ1) is 7.22. The topological polar surface area (TPSA) is 20.3 Å². The highest BCUT2D eigenvalue weighted by Gasteiger charge is 1.98. The first kappa shape index (κ1) is 16.7. The highest BCUT2D eigenvalue weighted by atomic mass is 32.1. The van der Waals surface area contributed by atoms with Crippen molar-refractivity contribution in [3.05, 3.63) is 21.9 Å². The molecule has 0 radical (unpaired) electrons. The van der Waals surface area contributed by atoms with Crippen LogP contribution in [0.2, 0.25) is 0 Å². The van der Waals surface area contributed by atoms with Crippen LogP contribution in [0.3, 0.4) is 0 Å². The van der Waals surface area contributed by atoms with Crippen molar-refractivity contribution in [3.8, 4) is 0 Å². The molecule has 0 N–H and O–H groups in total. The molecule has 1 heterocycles. The molecule has 15 heavy (non-hydrogen) atoms. The third-order valence-corrected chi connectivity index (χ3v) is 2.56.